The molecule has 0 aromatic heterocycles. The van der Waals surface area contributed by atoms with Gasteiger partial charge in [0, 0.05) is 0 Å². The molecular weight excluding hydrogens is 210 g/mol. The van der Waals surface area contributed by atoms with Gasteiger partial charge in [-0.3, -0.25) is 0 Å². The number of hydrogen-bond donors (Lipinski definition) is 2. The van der Waals surface area contributed by atoms with Crippen LogP contribution in [-0.4, -0.2) is 11.2 Å². The van der Waals surface area contributed by atoms with Gasteiger partial charge in [-0.25, -0.2) is 0 Å². The van der Waals surface area contributed by atoms with Crippen molar-refractivity contribution in [2.75, 3.05) is 0 Å². The van der Waals surface area contributed by atoms with E-state index in [1.54, 1.807) is 0 Å². The molecule has 0 heterocycles. The highest BCUT2D eigenvalue weighted by atomic mass is 16.3. The van der Waals surface area contributed by atoms with E-state index in [0.29, 0.717) is 0 Å². The van der Waals surface area contributed by atoms with Gasteiger partial charge in [0.1, 0.15) is 0 Å². The standard InChI is InChI=1S/C15H25NO/c1-2-3-4-5-9-12-14(17)15(16)13-10-7-6-8-11-13/h6-8,10-11,14-15,17H,2-5,9,12,16H2,1H3. The molecule has 0 amide bonds. The fourth-order valence-electron chi connectivity index (χ4n) is 2.03. The van der Waals surface area contributed by atoms with Gasteiger partial charge in [-0.15, -0.1) is 0 Å². The maximum atomic E-state index is 10.0. The maximum absolute atomic E-state index is 10.0. The first kappa shape index (κ1) is 14.2. The highest BCUT2D eigenvalue weighted by Gasteiger charge is 2.15. The van der Waals surface area contributed by atoms with E-state index in [2.05, 4.69) is 6.92 Å². The van der Waals surface area contributed by atoms with Crippen LogP contribution in [-0.2, 0) is 0 Å². The highest BCUT2D eigenvalue weighted by molar-refractivity contribution is 5.19. The summed E-state index contributed by atoms with van der Waals surface area (Å²) in [7, 11) is 0. The Morgan fingerprint density at radius 2 is 1.71 bits per heavy atom. The zero-order valence-corrected chi connectivity index (χ0v) is 10.8. The summed E-state index contributed by atoms with van der Waals surface area (Å²) in [5, 5.41) is 10.0. The Balaban J connectivity index is 2.25. The van der Waals surface area contributed by atoms with Crippen molar-refractivity contribution in [2.45, 2.75) is 57.6 Å². The van der Waals surface area contributed by atoms with Crippen molar-refractivity contribution in [3.63, 3.8) is 0 Å². The third kappa shape index (κ3) is 5.33. The minimum atomic E-state index is -0.418. The van der Waals surface area contributed by atoms with Crippen molar-refractivity contribution in [3.05, 3.63) is 35.9 Å². The third-order valence-electron chi connectivity index (χ3n) is 3.20. The second kappa shape index (κ2) is 8.26. The number of aliphatic hydroxyl groups is 1. The van der Waals surface area contributed by atoms with Crippen molar-refractivity contribution in [1.82, 2.24) is 0 Å². The van der Waals surface area contributed by atoms with Crippen molar-refractivity contribution >= 4 is 0 Å². The molecule has 1 rings (SSSR count). The Bertz CT molecular complexity index is 286. The van der Waals surface area contributed by atoms with E-state index in [1.807, 2.05) is 30.3 Å². The summed E-state index contributed by atoms with van der Waals surface area (Å²) in [4.78, 5) is 0. The molecule has 0 fully saturated rings. The van der Waals surface area contributed by atoms with E-state index in [-0.39, 0.29) is 6.04 Å². The highest BCUT2D eigenvalue weighted by Crippen LogP contribution is 2.18. The van der Waals surface area contributed by atoms with Gasteiger partial charge in [-0.05, 0) is 12.0 Å². The molecule has 17 heavy (non-hydrogen) atoms. The number of benzene rings is 1. The average Bonchev–Trinajstić information content (AvgIpc) is 2.38. The fourth-order valence-corrected chi connectivity index (χ4v) is 2.03. The Hall–Kier alpha value is -0.860. The molecule has 0 radical (unpaired) electrons. The SMILES string of the molecule is CCCCCCCC(O)C(N)c1ccccc1. The topological polar surface area (TPSA) is 46.2 Å². The first-order chi connectivity index (χ1) is 8.25. The molecule has 3 N–H and O–H groups in total. The van der Waals surface area contributed by atoms with Gasteiger partial charge in [0.2, 0.25) is 0 Å². The van der Waals surface area contributed by atoms with E-state index >= 15 is 0 Å². The lowest BCUT2D eigenvalue weighted by Gasteiger charge is -2.19. The lowest BCUT2D eigenvalue weighted by molar-refractivity contribution is 0.132. The quantitative estimate of drug-likeness (QED) is 0.678. The summed E-state index contributed by atoms with van der Waals surface area (Å²) in [6.07, 6.45) is 6.48. The molecule has 2 nitrogen and oxygen atoms in total. The van der Waals surface area contributed by atoms with Crippen LogP contribution in [0, 0.1) is 0 Å². The lowest BCUT2D eigenvalue weighted by Crippen LogP contribution is -2.26. The number of unbranched alkanes of at least 4 members (excludes halogenated alkanes) is 4. The van der Waals surface area contributed by atoms with Crippen LogP contribution in [0.3, 0.4) is 0 Å². The maximum Gasteiger partial charge on any atom is 0.0732 e. The summed E-state index contributed by atoms with van der Waals surface area (Å²) in [5.41, 5.74) is 7.05. The Morgan fingerprint density at radius 3 is 2.35 bits per heavy atom. The molecule has 0 spiro atoms. The van der Waals surface area contributed by atoms with Crippen LogP contribution in [0.4, 0.5) is 0 Å². The number of hydrogen-bond acceptors (Lipinski definition) is 2. The summed E-state index contributed by atoms with van der Waals surface area (Å²) in [6.45, 7) is 2.21. The van der Waals surface area contributed by atoms with E-state index in [1.165, 1.54) is 25.7 Å². The molecule has 96 valence electrons. The predicted molar refractivity (Wildman–Crippen MR) is 72.8 cm³/mol. The largest absolute Gasteiger partial charge is 0.391 e. The van der Waals surface area contributed by atoms with E-state index in [4.69, 9.17) is 5.73 Å². The molecule has 0 aliphatic carbocycles. The van der Waals surface area contributed by atoms with Gasteiger partial charge in [0.25, 0.3) is 0 Å². The third-order valence-corrected chi connectivity index (χ3v) is 3.20. The van der Waals surface area contributed by atoms with E-state index in [9.17, 15) is 5.11 Å². The summed E-state index contributed by atoms with van der Waals surface area (Å²) >= 11 is 0. The van der Waals surface area contributed by atoms with Crippen LogP contribution < -0.4 is 5.73 Å². The van der Waals surface area contributed by atoms with Gasteiger partial charge in [0.15, 0.2) is 0 Å². The molecule has 0 saturated heterocycles. The normalized spacial score (nSPS) is 14.5. The first-order valence-electron chi connectivity index (χ1n) is 6.74. The molecule has 2 unspecified atom stereocenters. The zero-order chi connectivity index (χ0) is 12.5. The van der Waals surface area contributed by atoms with E-state index < -0.39 is 6.10 Å². The Kier molecular flexibility index (Phi) is 6.90. The molecule has 2 atom stereocenters. The summed E-state index contributed by atoms with van der Waals surface area (Å²) < 4.78 is 0. The Labute approximate surface area is 105 Å². The van der Waals surface area contributed by atoms with Crippen molar-refractivity contribution in [3.8, 4) is 0 Å². The number of rotatable bonds is 8. The second-order valence-corrected chi connectivity index (χ2v) is 4.71. The summed E-state index contributed by atoms with van der Waals surface area (Å²) in [5.74, 6) is 0. The molecule has 1 aromatic rings. The van der Waals surface area contributed by atoms with Gasteiger partial charge < -0.3 is 10.8 Å². The second-order valence-electron chi connectivity index (χ2n) is 4.71. The zero-order valence-electron chi connectivity index (χ0n) is 10.8. The van der Waals surface area contributed by atoms with Crippen LogP contribution >= 0.6 is 0 Å². The molecule has 0 saturated carbocycles. The van der Waals surface area contributed by atoms with Crippen LogP contribution in [0.2, 0.25) is 0 Å². The monoisotopic (exact) mass is 235 g/mol. The van der Waals surface area contributed by atoms with Gasteiger partial charge in [-0.2, -0.15) is 0 Å². The summed E-state index contributed by atoms with van der Waals surface area (Å²) in [6, 6.07) is 9.60. The van der Waals surface area contributed by atoms with Crippen LogP contribution in [0.25, 0.3) is 0 Å². The molecule has 1 aromatic carbocycles. The minimum absolute atomic E-state index is 0.248. The Morgan fingerprint density at radius 1 is 1.06 bits per heavy atom. The van der Waals surface area contributed by atoms with Crippen LogP contribution in [0.1, 0.15) is 57.1 Å². The van der Waals surface area contributed by atoms with Crippen molar-refractivity contribution in [1.29, 1.82) is 0 Å². The number of aliphatic hydroxyl groups excluding tert-OH is 1. The van der Waals surface area contributed by atoms with Crippen molar-refractivity contribution < 1.29 is 5.11 Å². The van der Waals surface area contributed by atoms with Crippen LogP contribution in [0.15, 0.2) is 30.3 Å². The fraction of sp³-hybridized carbons (Fsp3) is 0.600. The van der Waals surface area contributed by atoms with Gasteiger partial charge in [-0.1, -0.05) is 69.4 Å². The number of nitrogens with two attached hydrogens (primary N) is 1. The molecular formula is C15H25NO. The lowest BCUT2D eigenvalue weighted by atomic mass is 9.98. The smallest absolute Gasteiger partial charge is 0.0732 e. The predicted octanol–water partition coefficient (Wildman–Crippen LogP) is 3.41. The van der Waals surface area contributed by atoms with Crippen molar-refractivity contribution in [2.24, 2.45) is 5.73 Å². The first-order valence-corrected chi connectivity index (χ1v) is 6.74. The molecule has 2 heteroatoms. The van der Waals surface area contributed by atoms with Gasteiger partial charge in [0.05, 0.1) is 12.1 Å². The average molecular weight is 235 g/mol. The molecule has 0 aliphatic rings. The molecule has 0 bridgehead atoms. The van der Waals surface area contributed by atoms with Gasteiger partial charge >= 0.3 is 0 Å². The van der Waals surface area contributed by atoms with Crippen LogP contribution in [0.5, 0.6) is 0 Å². The minimum Gasteiger partial charge on any atom is -0.391 e. The molecule has 0 aliphatic heterocycles. The van der Waals surface area contributed by atoms with E-state index in [0.717, 1.165) is 18.4 Å².